The second-order valence-corrected chi connectivity index (χ2v) is 8.39. The molecule has 0 amide bonds. The van der Waals surface area contributed by atoms with Gasteiger partial charge in [0.15, 0.2) is 5.65 Å². The van der Waals surface area contributed by atoms with E-state index in [-0.39, 0.29) is 0 Å². The molecule has 30 heavy (non-hydrogen) atoms. The van der Waals surface area contributed by atoms with E-state index >= 15 is 0 Å². The van der Waals surface area contributed by atoms with Crippen LogP contribution in [0, 0.1) is 12.3 Å². The van der Waals surface area contributed by atoms with Gasteiger partial charge < -0.3 is 4.74 Å². The first-order valence-corrected chi connectivity index (χ1v) is 10.0. The molecule has 158 valence electrons. The molecule has 0 N–H and O–H groups in total. The van der Waals surface area contributed by atoms with Crippen LogP contribution in [-0.2, 0) is 17.5 Å². The second-order valence-electron chi connectivity index (χ2n) is 8.39. The highest BCUT2D eigenvalue weighted by Crippen LogP contribution is 2.38. The van der Waals surface area contributed by atoms with E-state index in [0.717, 1.165) is 57.3 Å². The zero-order valence-corrected chi connectivity index (χ0v) is 16.6. The van der Waals surface area contributed by atoms with Crippen LogP contribution in [-0.4, -0.2) is 50.8 Å². The van der Waals surface area contributed by atoms with Crippen molar-refractivity contribution < 1.29 is 17.9 Å². The average molecular weight is 417 g/mol. The molecule has 2 aliphatic heterocycles. The molecule has 3 aromatic rings. The Morgan fingerprint density at radius 1 is 1.17 bits per heavy atom. The SMILES string of the molecule is Cc1nn2cc(CN3CCC4(CC3)COC4)cnc2c1-c1ccnc(C(F)(F)F)c1. The minimum absolute atomic E-state index is 0.395. The molecule has 2 aliphatic rings. The first kappa shape index (κ1) is 19.4. The summed E-state index contributed by atoms with van der Waals surface area (Å²) >= 11 is 0. The number of pyridine rings is 1. The highest BCUT2D eigenvalue weighted by atomic mass is 19.4. The number of alkyl halides is 3. The van der Waals surface area contributed by atoms with Crippen molar-refractivity contribution in [1.82, 2.24) is 24.5 Å². The summed E-state index contributed by atoms with van der Waals surface area (Å²) in [5.41, 5.74) is 2.68. The summed E-state index contributed by atoms with van der Waals surface area (Å²) in [5.74, 6) is 0. The van der Waals surface area contributed by atoms with Crippen LogP contribution in [0.2, 0.25) is 0 Å². The number of hydrogen-bond acceptors (Lipinski definition) is 5. The molecule has 3 aromatic heterocycles. The third kappa shape index (κ3) is 3.45. The molecule has 5 rings (SSSR count). The lowest BCUT2D eigenvalue weighted by Crippen LogP contribution is -2.50. The van der Waals surface area contributed by atoms with Gasteiger partial charge in [0.1, 0.15) is 5.69 Å². The number of aryl methyl sites for hydroxylation is 1. The summed E-state index contributed by atoms with van der Waals surface area (Å²) in [6.45, 7) is 6.39. The molecule has 1 spiro atoms. The molecule has 9 heteroatoms. The van der Waals surface area contributed by atoms with Crippen molar-refractivity contribution in [3.05, 3.63) is 47.7 Å². The van der Waals surface area contributed by atoms with Crippen LogP contribution in [0.5, 0.6) is 0 Å². The van der Waals surface area contributed by atoms with Crippen molar-refractivity contribution in [2.75, 3.05) is 26.3 Å². The van der Waals surface area contributed by atoms with E-state index in [2.05, 4.69) is 20.0 Å². The zero-order valence-electron chi connectivity index (χ0n) is 16.6. The van der Waals surface area contributed by atoms with Gasteiger partial charge in [-0.2, -0.15) is 18.3 Å². The Hall–Kier alpha value is -2.52. The lowest BCUT2D eigenvalue weighted by atomic mass is 9.77. The topological polar surface area (TPSA) is 55.5 Å². The maximum absolute atomic E-state index is 13.1. The van der Waals surface area contributed by atoms with Crippen molar-refractivity contribution in [2.24, 2.45) is 5.41 Å². The van der Waals surface area contributed by atoms with Crippen LogP contribution in [0.25, 0.3) is 16.8 Å². The van der Waals surface area contributed by atoms with Crippen LogP contribution < -0.4 is 0 Å². The fourth-order valence-electron chi connectivity index (χ4n) is 4.37. The molecule has 5 heterocycles. The quantitative estimate of drug-likeness (QED) is 0.650. The number of fused-ring (bicyclic) bond motifs is 1. The Labute approximate surface area is 171 Å². The van der Waals surface area contributed by atoms with E-state index in [0.29, 0.717) is 27.9 Å². The number of rotatable bonds is 3. The van der Waals surface area contributed by atoms with Crippen LogP contribution in [0.1, 0.15) is 29.8 Å². The maximum atomic E-state index is 13.1. The van der Waals surface area contributed by atoms with Crippen molar-refractivity contribution in [3.63, 3.8) is 0 Å². The van der Waals surface area contributed by atoms with E-state index in [4.69, 9.17) is 4.74 Å². The summed E-state index contributed by atoms with van der Waals surface area (Å²) in [4.78, 5) is 10.4. The van der Waals surface area contributed by atoms with E-state index in [1.54, 1.807) is 23.7 Å². The third-order valence-corrected chi connectivity index (χ3v) is 6.18. The molecule has 0 saturated carbocycles. The average Bonchev–Trinajstić information content (AvgIpc) is 3.02. The van der Waals surface area contributed by atoms with Crippen molar-refractivity contribution in [2.45, 2.75) is 32.5 Å². The monoisotopic (exact) mass is 417 g/mol. The van der Waals surface area contributed by atoms with Gasteiger partial charge in [0.2, 0.25) is 0 Å². The largest absolute Gasteiger partial charge is 0.433 e. The minimum atomic E-state index is -4.49. The molecule has 0 aliphatic carbocycles. The number of halogens is 3. The molecule has 0 atom stereocenters. The molecular weight excluding hydrogens is 395 g/mol. The molecule has 0 unspecified atom stereocenters. The number of likely N-dealkylation sites (tertiary alicyclic amines) is 1. The first-order valence-electron chi connectivity index (χ1n) is 10.0. The van der Waals surface area contributed by atoms with Gasteiger partial charge in [-0.1, -0.05) is 0 Å². The number of ether oxygens (including phenoxy) is 1. The second kappa shape index (κ2) is 7.02. The fraction of sp³-hybridized carbons (Fsp3) is 0.476. The molecule has 0 bridgehead atoms. The number of nitrogens with zero attached hydrogens (tertiary/aromatic N) is 5. The number of hydrogen-bond donors (Lipinski definition) is 0. The Kier molecular flexibility index (Phi) is 4.55. The summed E-state index contributed by atoms with van der Waals surface area (Å²) in [6, 6.07) is 2.61. The summed E-state index contributed by atoms with van der Waals surface area (Å²) in [5, 5.41) is 4.50. The van der Waals surface area contributed by atoms with Gasteiger partial charge in [-0.25, -0.2) is 9.50 Å². The van der Waals surface area contributed by atoms with E-state index in [1.807, 2.05) is 6.20 Å². The fourth-order valence-corrected chi connectivity index (χ4v) is 4.37. The lowest BCUT2D eigenvalue weighted by Gasteiger charge is -2.47. The van der Waals surface area contributed by atoms with Crippen molar-refractivity contribution >= 4 is 5.65 Å². The van der Waals surface area contributed by atoms with Crippen molar-refractivity contribution in [1.29, 1.82) is 0 Å². The van der Waals surface area contributed by atoms with Gasteiger partial charge in [-0.3, -0.25) is 9.88 Å². The summed E-state index contributed by atoms with van der Waals surface area (Å²) in [7, 11) is 0. The maximum Gasteiger partial charge on any atom is 0.433 e. The van der Waals surface area contributed by atoms with Gasteiger partial charge in [-0.15, -0.1) is 0 Å². The Balaban J connectivity index is 1.39. The normalized spacial score (nSPS) is 19.3. The van der Waals surface area contributed by atoms with Gasteiger partial charge in [0.05, 0.1) is 18.9 Å². The zero-order chi connectivity index (χ0) is 20.9. The Morgan fingerprint density at radius 2 is 1.93 bits per heavy atom. The van der Waals surface area contributed by atoms with E-state index in [9.17, 15) is 13.2 Å². The third-order valence-electron chi connectivity index (χ3n) is 6.18. The Morgan fingerprint density at radius 3 is 2.60 bits per heavy atom. The highest BCUT2D eigenvalue weighted by Gasteiger charge is 2.41. The summed E-state index contributed by atoms with van der Waals surface area (Å²) in [6.07, 6.45) is 2.69. The van der Waals surface area contributed by atoms with E-state index in [1.165, 1.54) is 6.20 Å². The smallest absolute Gasteiger partial charge is 0.380 e. The van der Waals surface area contributed by atoms with E-state index < -0.39 is 11.9 Å². The first-order chi connectivity index (χ1) is 14.3. The molecule has 0 radical (unpaired) electrons. The van der Waals surface area contributed by atoms with Gasteiger partial charge in [-0.05, 0) is 50.6 Å². The molecule has 0 aromatic carbocycles. The van der Waals surface area contributed by atoms with Gasteiger partial charge >= 0.3 is 6.18 Å². The van der Waals surface area contributed by atoms with Crippen LogP contribution in [0.3, 0.4) is 0 Å². The molecule has 6 nitrogen and oxygen atoms in total. The lowest BCUT2D eigenvalue weighted by molar-refractivity contribution is -0.141. The van der Waals surface area contributed by atoms with Gasteiger partial charge in [0.25, 0.3) is 0 Å². The van der Waals surface area contributed by atoms with Crippen LogP contribution in [0.15, 0.2) is 30.7 Å². The standard InChI is InChI=1S/C21H22F3N5O/c1-14-18(16-2-5-25-17(8-16)21(22,23)24)19-26-9-15(11-29(19)27-14)10-28-6-3-20(4-7-28)12-30-13-20/h2,5,8-9,11H,3-4,6-7,10,12-13H2,1H3. The molecular formula is C21H22F3N5O. The molecule has 2 saturated heterocycles. The number of aromatic nitrogens is 4. The predicted molar refractivity (Wildman–Crippen MR) is 104 cm³/mol. The Bertz CT molecular complexity index is 1080. The number of piperidine rings is 1. The highest BCUT2D eigenvalue weighted by molar-refractivity contribution is 5.79. The minimum Gasteiger partial charge on any atom is -0.380 e. The summed E-state index contributed by atoms with van der Waals surface area (Å²) < 4.78 is 46.2. The van der Waals surface area contributed by atoms with Gasteiger partial charge in [0, 0.05) is 41.7 Å². The van der Waals surface area contributed by atoms with Crippen LogP contribution in [0.4, 0.5) is 13.2 Å². The predicted octanol–water partition coefficient (Wildman–Crippen LogP) is 3.73. The van der Waals surface area contributed by atoms with Crippen LogP contribution >= 0.6 is 0 Å². The van der Waals surface area contributed by atoms with Crippen molar-refractivity contribution in [3.8, 4) is 11.1 Å². The molecule has 2 fully saturated rings.